The lowest BCUT2D eigenvalue weighted by Gasteiger charge is -2.16. The molecule has 0 aromatic heterocycles. The van der Waals surface area contributed by atoms with E-state index in [2.05, 4.69) is 24.0 Å². The minimum absolute atomic E-state index is 0.250. The first-order chi connectivity index (χ1) is 13.8. The molecule has 146 valence electrons. The lowest BCUT2D eigenvalue weighted by atomic mass is 10.0. The largest absolute Gasteiger partial charge is 0.457 e. The highest BCUT2D eigenvalue weighted by Gasteiger charge is 2.16. The van der Waals surface area contributed by atoms with Crippen LogP contribution in [0.25, 0.3) is 0 Å². The molecule has 0 saturated carbocycles. The highest BCUT2D eigenvalue weighted by atomic mass is 35.5. The minimum Gasteiger partial charge on any atom is -0.457 e. The van der Waals surface area contributed by atoms with E-state index in [-0.39, 0.29) is 5.91 Å². The number of nitrogens with zero attached hydrogens (tertiary/aromatic N) is 1. The van der Waals surface area contributed by atoms with Crippen molar-refractivity contribution in [3.05, 3.63) is 81.4 Å². The number of carbonyl (C=O) groups excluding carboxylic acids is 1. The van der Waals surface area contributed by atoms with Gasteiger partial charge in [0.25, 0.3) is 5.91 Å². The van der Waals surface area contributed by atoms with E-state index < -0.39 is 0 Å². The van der Waals surface area contributed by atoms with Gasteiger partial charge in [-0.25, -0.2) is 0 Å². The van der Waals surface area contributed by atoms with Gasteiger partial charge >= 0.3 is 0 Å². The molecule has 0 fully saturated rings. The van der Waals surface area contributed by atoms with Gasteiger partial charge in [0.05, 0.1) is 22.3 Å². The molecule has 0 radical (unpaired) electrons. The van der Waals surface area contributed by atoms with Gasteiger partial charge in [-0.1, -0.05) is 11.6 Å². The highest BCUT2D eigenvalue weighted by Crippen LogP contribution is 2.32. The smallest absolute Gasteiger partial charge is 0.255 e. The number of thiol groups is 1. The van der Waals surface area contributed by atoms with Crippen molar-refractivity contribution in [3.8, 4) is 17.6 Å². The van der Waals surface area contributed by atoms with Crippen LogP contribution in [0, 0.1) is 32.1 Å². The molecule has 0 unspecified atom stereocenters. The average Bonchev–Trinajstić information content (AvgIpc) is 2.69. The lowest BCUT2D eigenvalue weighted by molar-refractivity contribution is 0.102. The number of amides is 1. The van der Waals surface area contributed by atoms with Crippen LogP contribution in [0.5, 0.6) is 11.5 Å². The Morgan fingerprint density at radius 3 is 2.41 bits per heavy atom. The summed E-state index contributed by atoms with van der Waals surface area (Å²) in [7, 11) is 0. The van der Waals surface area contributed by atoms with Crippen LogP contribution in [0.3, 0.4) is 0 Å². The van der Waals surface area contributed by atoms with Crippen LogP contribution in [-0.4, -0.2) is 5.91 Å². The zero-order chi connectivity index (χ0) is 21.1. The number of rotatable bonds is 4. The maximum absolute atomic E-state index is 12.8. The quantitative estimate of drug-likeness (QED) is 0.473. The number of nitrogens with one attached hydrogen (secondary N) is 1. The average molecular weight is 423 g/mol. The van der Waals surface area contributed by atoms with Gasteiger partial charge in [0.1, 0.15) is 11.5 Å². The van der Waals surface area contributed by atoms with E-state index in [1.165, 1.54) is 0 Å². The Kier molecular flexibility index (Phi) is 6.17. The molecule has 3 rings (SSSR count). The van der Waals surface area contributed by atoms with E-state index in [1.54, 1.807) is 48.5 Å². The predicted octanol–water partition coefficient (Wildman–Crippen LogP) is 6.47. The molecule has 0 atom stereocenters. The fraction of sp³-hybridized carbons (Fsp3) is 0.130. The van der Waals surface area contributed by atoms with Gasteiger partial charge in [-0.15, -0.1) is 12.6 Å². The molecule has 0 heterocycles. The van der Waals surface area contributed by atoms with E-state index in [0.29, 0.717) is 33.3 Å². The van der Waals surface area contributed by atoms with Crippen LogP contribution in [-0.2, 0) is 0 Å². The third-order valence-corrected chi connectivity index (χ3v) is 5.30. The first kappa shape index (κ1) is 20.8. The monoisotopic (exact) mass is 422 g/mol. The van der Waals surface area contributed by atoms with Crippen LogP contribution in [0.4, 0.5) is 5.69 Å². The summed E-state index contributed by atoms with van der Waals surface area (Å²) in [4.78, 5) is 13.5. The van der Waals surface area contributed by atoms with E-state index in [0.717, 1.165) is 21.6 Å². The van der Waals surface area contributed by atoms with Crippen molar-refractivity contribution in [1.82, 2.24) is 0 Å². The second-order valence-corrected chi connectivity index (χ2v) is 7.60. The maximum Gasteiger partial charge on any atom is 0.255 e. The molecule has 0 aliphatic rings. The van der Waals surface area contributed by atoms with Gasteiger partial charge in [-0.3, -0.25) is 4.79 Å². The number of aryl methyl sites for hydroxylation is 1. The fourth-order valence-corrected chi connectivity index (χ4v) is 3.41. The molecule has 6 heteroatoms. The number of hydrogen-bond donors (Lipinski definition) is 2. The Hall–Kier alpha value is -2.94. The van der Waals surface area contributed by atoms with Crippen LogP contribution in [0.1, 0.15) is 32.6 Å². The van der Waals surface area contributed by atoms with Crippen molar-refractivity contribution in [3.63, 3.8) is 0 Å². The van der Waals surface area contributed by atoms with Gasteiger partial charge in [0.15, 0.2) is 0 Å². The summed E-state index contributed by atoms with van der Waals surface area (Å²) in [5.74, 6) is 1.08. The molecule has 3 aromatic carbocycles. The fourth-order valence-electron chi connectivity index (χ4n) is 2.90. The van der Waals surface area contributed by atoms with Crippen molar-refractivity contribution in [1.29, 1.82) is 5.26 Å². The summed E-state index contributed by atoms with van der Waals surface area (Å²) in [6.07, 6.45) is 0. The minimum atomic E-state index is -0.250. The molecule has 0 bridgehead atoms. The second kappa shape index (κ2) is 8.60. The van der Waals surface area contributed by atoms with Crippen molar-refractivity contribution >= 4 is 35.8 Å². The van der Waals surface area contributed by atoms with Crippen LogP contribution in [0.2, 0.25) is 5.02 Å². The van der Waals surface area contributed by atoms with Crippen molar-refractivity contribution in [2.75, 3.05) is 5.32 Å². The van der Waals surface area contributed by atoms with Gasteiger partial charge in [0.2, 0.25) is 0 Å². The molecule has 0 saturated heterocycles. The van der Waals surface area contributed by atoms with Gasteiger partial charge < -0.3 is 10.1 Å². The molecule has 0 aliphatic heterocycles. The Morgan fingerprint density at radius 2 is 1.76 bits per heavy atom. The first-order valence-electron chi connectivity index (χ1n) is 8.89. The van der Waals surface area contributed by atoms with Crippen LogP contribution >= 0.6 is 24.2 Å². The Bertz CT molecular complexity index is 1150. The van der Waals surface area contributed by atoms with Crippen molar-refractivity contribution < 1.29 is 9.53 Å². The number of ether oxygens (including phenoxy) is 1. The topological polar surface area (TPSA) is 62.1 Å². The molecule has 1 N–H and O–H groups in total. The molecule has 0 spiro atoms. The summed E-state index contributed by atoms with van der Waals surface area (Å²) >= 11 is 10.4. The zero-order valence-electron chi connectivity index (χ0n) is 16.2. The number of carbonyl (C=O) groups is 1. The number of nitriles is 1. The molecule has 4 nitrogen and oxygen atoms in total. The normalized spacial score (nSPS) is 10.3. The van der Waals surface area contributed by atoms with Crippen LogP contribution in [0.15, 0.2) is 53.4 Å². The summed E-state index contributed by atoms with van der Waals surface area (Å²) in [5.41, 5.74) is 4.19. The number of halogens is 1. The predicted molar refractivity (Wildman–Crippen MR) is 119 cm³/mol. The third kappa shape index (κ3) is 4.56. The van der Waals surface area contributed by atoms with Crippen molar-refractivity contribution in [2.45, 2.75) is 25.7 Å². The van der Waals surface area contributed by atoms with E-state index in [1.807, 2.05) is 20.8 Å². The second-order valence-electron chi connectivity index (χ2n) is 6.67. The molecule has 3 aromatic rings. The Labute approximate surface area is 180 Å². The van der Waals surface area contributed by atoms with E-state index in [4.69, 9.17) is 21.6 Å². The Balaban J connectivity index is 1.85. The lowest BCUT2D eigenvalue weighted by Crippen LogP contribution is -2.14. The first-order valence-corrected chi connectivity index (χ1v) is 9.71. The van der Waals surface area contributed by atoms with Gasteiger partial charge in [-0.05, 0) is 86.0 Å². The zero-order valence-corrected chi connectivity index (χ0v) is 17.9. The SMILES string of the molecule is Cc1cc(C#N)ccc1Oc1ccc(C(=O)Nc2ccc(S)cc2Cl)c(C)c1C. The Morgan fingerprint density at radius 1 is 1.03 bits per heavy atom. The molecule has 1 amide bonds. The van der Waals surface area contributed by atoms with Crippen molar-refractivity contribution in [2.24, 2.45) is 0 Å². The van der Waals surface area contributed by atoms with E-state index >= 15 is 0 Å². The van der Waals surface area contributed by atoms with Gasteiger partial charge in [0, 0.05) is 10.5 Å². The summed E-state index contributed by atoms with van der Waals surface area (Å²) in [6.45, 7) is 5.67. The summed E-state index contributed by atoms with van der Waals surface area (Å²) < 4.78 is 6.03. The summed E-state index contributed by atoms with van der Waals surface area (Å²) in [5, 5.41) is 12.3. The summed E-state index contributed by atoms with van der Waals surface area (Å²) in [6, 6.07) is 16.0. The molecule has 0 aliphatic carbocycles. The highest BCUT2D eigenvalue weighted by molar-refractivity contribution is 7.80. The van der Waals surface area contributed by atoms with Crippen LogP contribution < -0.4 is 10.1 Å². The maximum atomic E-state index is 12.8. The number of hydrogen-bond acceptors (Lipinski definition) is 4. The van der Waals surface area contributed by atoms with Gasteiger partial charge in [-0.2, -0.15) is 5.26 Å². The standard InChI is InChI=1S/C23H19ClN2O2S/c1-13-10-16(12-25)4-8-21(13)28-22-9-6-18(14(2)15(22)3)23(27)26-20-7-5-17(29)11-19(20)24/h4-11,29H,1-3H3,(H,26,27). The number of anilines is 1. The molecule has 29 heavy (non-hydrogen) atoms. The number of benzene rings is 3. The molecular formula is C23H19ClN2O2S. The van der Waals surface area contributed by atoms with E-state index in [9.17, 15) is 4.79 Å². The third-order valence-electron chi connectivity index (χ3n) is 4.71. The molecular weight excluding hydrogens is 404 g/mol.